The first-order chi connectivity index (χ1) is 18.7. The minimum Gasteiger partial charge on any atom is -0.477 e. The summed E-state index contributed by atoms with van der Waals surface area (Å²) in [6.45, 7) is -0.743. The van der Waals surface area contributed by atoms with Crippen LogP contribution in [0.5, 0.6) is 0 Å². The predicted octanol–water partition coefficient (Wildman–Crippen LogP) is 7.15. The molecule has 0 bridgehead atoms. The number of hydrogen-bond acceptors (Lipinski definition) is 5. The first kappa shape index (κ1) is 26.0. The lowest BCUT2D eigenvalue weighted by Crippen LogP contribution is -2.33. The van der Waals surface area contributed by atoms with Gasteiger partial charge in [-0.25, -0.2) is 14.6 Å². The molecule has 7 nitrogen and oxygen atoms in total. The summed E-state index contributed by atoms with van der Waals surface area (Å²) in [5, 5.41) is 11.5. The Hall–Kier alpha value is -4.64. The highest BCUT2D eigenvalue weighted by Gasteiger charge is 2.36. The van der Waals surface area contributed by atoms with Crippen LogP contribution in [0, 0.1) is 0 Å². The number of rotatable bonds is 7. The molecule has 0 saturated heterocycles. The number of benzene rings is 3. The number of para-hydroxylation sites is 2. The molecule has 5 rings (SSSR count). The summed E-state index contributed by atoms with van der Waals surface area (Å²) in [5.41, 5.74) is 0.927. The van der Waals surface area contributed by atoms with E-state index in [9.17, 15) is 27.9 Å². The van der Waals surface area contributed by atoms with Crippen LogP contribution in [0.2, 0.25) is 0 Å². The maximum Gasteiger partial charge on any atom is 0.416 e. The van der Waals surface area contributed by atoms with Crippen molar-refractivity contribution in [1.29, 1.82) is 0 Å². The quantitative estimate of drug-likeness (QED) is 0.232. The monoisotopic (exact) mass is 551 g/mol. The average molecular weight is 552 g/mol. The van der Waals surface area contributed by atoms with Gasteiger partial charge in [0.1, 0.15) is 17.8 Å². The molecule has 0 fully saturated rings. The molecule has 2 aromatic heterocycles. The van der Waals surface area contributed by atoms with Crippen molar-refractivity contribution < 1.29 is 32.6 Å². The highest BCUT2D eigenvalue weighted by molar-refractivity contribution is 7.13. The third kappa shape index (κ3) is 5.34. The van der Waals surface area contributed by atoms with E-state index in [2.05, 4.69) is 4.98 Å². The summed E-state index contributed by atoms with van der Waals surface area (Å²) in [7, 11) is 0. The molecule has 0 spiro atoms. The van der Waals surface area contributed by atoms with Gasteiger partial charge in [-0.2, -0.15) is 13.2 Å². The van der Waals surface area contributed by atoms with Gasteiger partial charge in [-0.15, -0.1) is 11.3 Å². The van der Waals surface area contributed by atoms with E-state index in [1.165, 1.54) is 29.9 Å². The Bertz CT molecular complexity index is 1650. The van der Waals surface area contributed by atoms with Crippen LogP contribution in [0.1, 0.15) is 26.4 Å². The Morgan fingerprint density at radius 2 is 1.67 bits per heavy atom. The lowest BCUT2D eigenvalue weighted by molar-refractivity contribution is -0.138. The summed E-state index contributed by atoms with van der Waals surface area (Å²) >= 11 is 0.852. The lowest BCUT2D eigenvalue weighted by Gasteiger charge is -2.25. The Labute approximate surface area is 224 Å². The van der Waals surface area contributed by atoms with Crippen LogP contribution in [-0.2, 0) is 24.1 Å². The van der Waals surface area contributed by atoms with Gasteiger partial charge in [0.05, 0.1) is 34.5 Å². The topological polar surface area (TPSA) is 84.7 Å². The number of carbonyl (C=O) groups excluding carboxylic acids is 1. The van der Waals surface area contributed by atoms with Crippen molar-refractivity contribution in [3.63, 3.8) is 0 Å². The summed E-state index contributed by atoms with van der Waals surface area (Å²) in [5.74, 6) is -1.34. The molecule has 3 aromatic carbocycles. The summed E-state index contributed by atoms with van der Waals surface area (Å²) < 4.78 is 48.7. The number of nitrogens with zero attached hydrogens (tertiary/aromatic N) is 3. The number of carboxylic acid groups (broad SMARTS) is 1. The highest BCUT2D eigenvalue weighted by Crippen LogP contribution is 2.39. The van der Waals surface area contributed by atoms with Gasteiger partial charge in [0.25, 0.3) is 0 Å². The molecule has 0 aliphatic carbocycles. The van der Waals surface area contributed by atoms with E-state index in [4.69, 9.17) is 4.74 Å². The van der Waals surface area contributed by atoms with Gasteiger partial charge in [0.15, 0.2) is 0 Å². The number of alkyl halides is 3. The molecule has 1 amide bonds. The zero-order valence-corrected chi connectivity index (χ0v) is 20.9. The van der Waals surface area contributed by atoms with E-state index < -0.39 is 30.3 Å². The number of carbonyl (C=O) groups is 2. The van der Waals surface area contributed by atoms with Crippen LogP contribution in [0.4, 0.5) is 23.7 Å². The van der Waals surface area contributed by atoms with Crippen molar-refractivity contribution in [2.24, 2.45) is 0 Å². The average Bonchev–Trinajstić information content (AvgIpc) is 3.55. The SMILES string of the molecule is O=C(O)c1scc(-n2cnc3ccccc32)c1N(Cc1ccccc1C(F)(F)F)C(=O)OCc1ccccc1. The first-order valence-corrected chi connectivity index (χ1v) is 12.5. The molecule has 2 heterocycles. The number of anilines is 1. The van der Waals surface area contributed by atoms with Crippen molar-refractivity contribution in [2.75, 3.05) is 4.90 Å². The fraction of sp³-hybridized carbons (Fsp3) is 0.107. The number of imidazole rings is 1. The summed E-state index contributed by atoms with van der Waals surface area (Å²) in [4.78, 5) is 30.9. The minimum atomic E-state index is -4.69. The molecule has 0 unspecified atom stereocenters. The number of fused-ring (bicyclic) bond motifs is 1. The van der Waals surface area contributed by atoms with Crippen LogP contribution in [0.25, 0.3) is 16.7 Å². The molecule has 0 radical (unpaired) electrons. The first-order valence-electron chi connectivity index (χ1n) is 11.6. The Balaban J connectivity index is 1.64. The molecule has 39 heavy (non-hydrogen) atoms. The van der Waals surface area contributed by atoms with Crippen molar-refractivity contribution in [3.05, 3.63) is 112 Å². The van der Waals surface area contributed by atoms with Crippen LogP contribution in [-0.4, -0.2) is 26.7 Å². The van der Waals surface area contributed by atoms with Gasteiger partial charge < -0.3 is 9.84 Å². The summed E-state index contributed by atoms with van der Waals surface area (Å²) in [6, 6.07) is 20.7. The largest absolute Gasteiger partial charge is 0.477 e. The van der Waals surface area contributed by atoms with Gasteiger partial charge >= 0.3 is 18.2 Å². The van der Waals surface area contributed by atoms with Gasteiger partial charge in [-0.3, -0.25) is 9.47 Å². The van der Waals surface area contributed by atoms with Crippen molar-refractivity contribution in [3.8, 4) is 5.69 Å². The van der Waals surface area contributed by atoms with Crippen molar-refractivity contribution >= 4 is 40.1 Å². The highest BCUT2D eigenvalue weighted by atomic mass is 32.1. The molecular weight excluding hydrogens is 531 g/mol. The molecular formula is C28H20F3N3O4S. The smallest absolute Gasteiger partial charge is 0.416 e. The third-order valence-corrected chi connectivity index (χ3v) is 6.94. The molecule has 0 saturated carbocycles. The molecule has 0 atom stereocenters. The van der Waals surface area contributed by atoms with Crippen LogP contribution in [0.3, 0.4) is 0 Å². The van der Waals surface area contributed by atoms with Gasteiger partial charge in [-0.1, -0.05) is 60.7 Å². The third-order valence-electron chi connectivity index (χ3n) is 6.00. The molecule has 5 aromatic rings. The van der Waals surface area contributed by atoms with Crippen LogP contribution >= 0.6 is 11.3 Å². The predicted molar refractivity (Wildman–Crippen MR) is 140 cm³/mol. The second kappa shape index (κ2) is 10.6. The second-order valence-corrected chi connectivity index (χ2v) is 9.37. The number of halogens is 3. The van der Waals surface area contributed by atoms with E-state index in [0.29, 0.717) is 16.6 Å². The molecule has 0 aliphatic heterocycles. The van der Waals surface area contributed by atoms with E-state index in [0.717, 1.165) is 22.3 Å². The lowest BCUT2D eigenvalue weighted by atomic mass is 10.1. The minimum absolute atomic E-state index is 0.0920. The Morgan fingerprint density at radius 3 is 2.41 bits per heavy atom. The molecule has 1 N–H and O–H groups in total. The maximum atomic E-state index is 13.9. The van der Waals surface area contributed by atoms with E-state index >= 15 is 0 Å². The second-order valence-electron chi connectivity index (χ2n) is 8.49. The summed E-state index contributed by atoms with van der Waals surface area (Å²) in [6.07, 6.45) is -4.22. The van der Waals surface area contributed by atoms with Crippen molar-refractivity contribution in [2.45, 2.75) is 19.3 Å². The number of aromatic nitrogens is 2. The van der Waals surface area contributed by atoms with E-state index in [1.807, 2.05) is 0 Å². The zero-order valence-electron chi connectivity index (χ0n) is 20.1. The maximum absolute atomic E-state index is 13.9. The molecule has 0 aliphatic rings. The fourth-order valence-corrected chi connectivity index (χ4v) is 5.10. The van der Waals surface area contributed by atoms with Gasteiger partial charge in [-0.05, 0) is 29.3 Å². The van der Waals surface area contributed by atoms with E-state index in [-0.39, 0.29) is 28.4 Å². The van der Waals surface area contributed by atoms with Gasteiger partial charge in [0, 0.05) is 5.38 Å². The standard InChI is InChI=1S/C28H20F3N3O4S/c29-28(30,31)20-11-5-4-10-19(20)14-33(27(37)38-15-18-8-2-1-3-9-18)24-23(16-39-25(24)26(35)36)34-17-32-21-12-6-7-13-22(21)34/h1-13,16-17H,14-15H2,(H,35,36). The molecule has 198 valence electrons. The number of ether oxygens (including phenoxy) is 1. The zero-order chi connectivity index (χ0) is 27.6. The van der Waals surface area contributed by atoms with Gasteiger partial charge in [0.2, 0.25) is 0 Å². The number of thiophene rings is 1. The number of carboxylic acids is 1. The number of aromatic carboxylic acids is 1. The Morgan fingerprint density at radius 1 is 0.974 bits per heavy atom. The Kier molecular flexibility index (Phi) is 7.07. The number of hydrogen-bond donors (Lipinski definition) is 1. The number of amides is 1. The van der Waals surface area contributed by atoms with Crippen molar-refractivity contribution in [1.82, 2.24) is 9.55 Å². The van der Waals surface area contributed by atoms with Crippen LogP contribution in [0.15, 0.2) is 90.6 Å². The normalized spacial score (nSPS) is 11.5. The molecule has 11 heteroatoms. The van der Waals surface area contributed by atoms with Crippen LogP contribution < -0.4 is 4.90 Å². The van der Waals surface area contributed by atoms with E-state index in [1.54, 1.807) is 59.2 Å². The fourth-order valence-electron chi connectivity index (χ4n) is 4.21.